The van der Waals surface area contributed by atoms with Crippen LogP contribution in [-0.4, -0.2) is 38.4 Å². The number of carbonyl (C=O) groups is 1. The second-order valence-electron chi connectivity index (χ2n) is 14.5. The number of aromatic nitrogens is 1. The van der Waals surface area contributed by atoms with Crippen LogP contribution in [0.5, 0.6) is 0 Å². The molecule has 1 unspecified atom stereocenters. The van der Waals surface area contributed by atoms with Crippen LogP contribution in [0, 0.1) is 45.1 Å². The van der Waals surface area contributed by atoms with E-state index in [0.717, 1.165) is 58.8 Å². The van der Waals surface area contributed by atoms with Crippen LogP contribution in [0.2, 0.25) is 0 Å². The van der Waals surface area contributed by atoms with Gasteiger partial charge >= 0.3 is 0 Å². The van der Waals surface area contributed by atoms with Crippen molar-refractivity contribution in [2.75, 3.05) is 5.75 Å². The van der Waals surface area contributed by atoms with Crippen LogP contribution in [0.25, 0.3) is 10.2 Å². The van der Waals surface area contributed by atoms with Gasteiger partial charge in [0.25, 0.3) is 0 Å². The van der Waals surface area contributed by atoms with E-state index in [2.05, 4.69) is 38.1 Å². The van der Waals surface area contributed by atoms with Crippen molar-refractivity contribution in [3.63, 3.8) is 0 Å². The Morgan fingerprint density at radius 3 is 2.55 bits per heavy atom. The first kappa shape index (κ1) is 29.0. The average molecular weight is 634 g/mol. The number of hydrogen-bond donors (Lipinski definition) is 2. The Labute approximate surface area is 264 Å². The van der Waals surface area contributed by atoms with E-state index in [1.165, 1.54) is 6.07 Å². The minimum Gasteiger partial charge on any atom is -0.393 e. The Morgan fingerprint density at radius 1 is 1.00 bits per heavy atom. The SMILES string of the molecule is C[C@]12CC[C@H]3[C@]4(C=C[C@@]5(C=C4C(=O)c4ccc(F)c(F)c4)CC(O)CC[C@]35C)[C@@H]1CC[C@@]2(O)CSc1nc2ccccc2s1. The molecule has 6 aliphatic rings. The van der Waals surface area contributed by atoms with Gasteiger partial charge in [-0.15, -0.1) is 11.3 Å². The van der Waals surface area contributed by atoms with E-state index in [0.29, 0.717) is 24.2 Å². The molecule has 0 aliphatic heterocycles. The number of ketones is 1. The number of allylic oxidation sites excluding steroid dienone is 4. The summed E-state index contributed by atoms with van der Waals surface area (Å²) < 4.78 is 30.4. The molecule has 0 radical (unpaired) electrons. The number of para-hydroxylation sites is 1. The maximum absolute atomic E-state index is 14.5. The molecular formula is C36H37F2NO3S2. The summed E-state index contributed by atoms with van der Waals surface area (Å²) in [6.45, 7) is 4.55. The van der Waals surface area contributed by atoms with Crippen LogP contribution >= 0.6 is 23.1 Å². The number of carbonyl (C=O) groups excluding carboxylic acids is 1. The van der Waals surface area contributed by atoms with E-state index in [-0.39, 0.29) is 28.6 Å². The van der Waals surface area contributed by atoms with E-state index in [9.17, 15) is 23.8 Å². The van der Waals surface area contributed by atoms with Crippen molar-refractivity contribution in [3.8, 4) is 0 Å². The van der Waals surface area contributed by atoms with E-state index >= 15 is 0 Å². The van der Waals surface area contributed by atoms with Crippen molar-refractivity contribution in [1.29, 1.82) is 0 Å². The predicted molar refractivity (Wildman–Crippen MR) is 170 cm³/mol. The molecule has 2 aromatic carbocycles. The summed E-state index contributed by atoms with van der Waals surface area (Å²) >= 11 is 3.27. The summed E-state index contributed by atoms with van der Waals surface area (Å²) in [5, 5.41) is 23.4. The van der Waals surface area contributed by atoms with Gasteiger partial charge in [-0.05, 0) is 92.5 Å². The molecule has 230 valence electrons. The number of rotatable bonds is 5. The normalized spacial score (nSPS) is 40.4. The molecule has 3 saturated carbocycles. The highest BCUT2D eigenvalue weighted by Gasteiger charge is 2.74. The van der Waals surface area contributed by atoms with Gasteiger partial charge in [0.15, 0.2) is 21.8 Å². The third kappa shape index (κ3) is 3.68. The number of Topliss-reactive ketones (excluding diaryl/α,β-unsaturated/α-hetero) is 1. The molecule has 3 fully saturated rings. The second-order valence-corrected chi connectivity index (χ2v) is 16.8. The molecule has 0 amide bonds. The van der Waals surface area contributed by atoms with Crippen LogP contribution in [-0.2, 0) is 0 Å². The van der Waals surface area contributed by atoms with Gasteiger partial charge in [0, 0.05) is 33.1 Å². The smallest absolute Gasteiger partial charge is 0.189 e. The lowest BCUT2D eigenvalue weighted by Crippen LogP contribution is -2.67. The molecule has 2 spiro atoms. The largest absolute Gasteiger partial charge is 0.393 e. The molecule has 6 aliphatic carbocycles. The fourth-order valence-electron chi connectivity index (χ4n) is 10.5. The van der Waals surface area contributed by atoms with Crippen LogP contribution in [0.15, 0.2) is 70.6 Å². The summed E-state index contributed by atoms with van der Waals surface area (Å²) in [7, 11) is 0. The van der Waals surface area contributed by atoms with E-state index in [4.69, 9.17) is 4.98 Å². The first-order valence-corrected chi connectivity index (χ1v) is 17.6. The lowest BCUT2D eigenvalue weighted by atomic mass is 9.32. The number of halogens is 2. The molecule has 8 heteroatoms. The van der Waals surface area contributed by atoms with Crippen molar-refractivity contribution in [3.05, 3.63) is 83.5 Å². The van der Waals surface area contributed by atoms with Crippen molar-refractivity contribution in [2.45, 2.75) is 74.8 Å². The van der Waals surface area contributed by atoms with Gasteiger partial charge in [-0.3, -0.25) is 4.79 Å². The molecular weight excluding hydrogens is 597 g/mol. The zero-order valence-corrected chi connectivity index (χ0v) is 26.6. The molecule has 8 atom stereocenters. The number of hydrogen-bond acceptors (Lipinski definition) is 6. The van der Waals surface area contributed by atoms with Crippen LogP contribution in [0.4, 0.5) is 8.78 Å². The predicted octanol–water partition coefficient (Wildman–Crippen LogP) is 8.14. The van der Waals surface area contributed by atoms with Gasteiger partial charge < -0.3 is 10.2 Å². The average Bonchev–Trinajstić information content (AvgIpc) is 3.55. The highest BCUT2D eigenvalue weighted by molar-refractivity contribution is 8.01. The van der Waals surface area contributed by atoms with Crippen molar-refractivity contribution in [2.24, 2.45) is 33.5 Å². The summed E-state index contributed by atoms with van der Waals surface area (Å²) in [4.78, 5) is 19.3. The van der Waals surface area contributed by atoms with Crippen molar-refractivity contribution >= 4 is 39.1 Å². The van der Waals surface area contributed by atoms with Gasteiger partial charge in [-0.25, -0.2) is 13.8 Å². The highest BCUT2D eigenvalue weighted by Crippen LogP contribution is 2.78. The van der Waals surface area contributed by atoms with Crippen LogP contribution in [0.1, 0.15) is 69.2 Å². The maximum Gasteiger partial charge on any atom is 0.189 e. The summed E-state index contributed by atoms with van der Waals surface area (Å²) in [6, 6.07) is 11.5. The molecule has 1 heterocycles. The molecule has 2 N–H and O–H groups in total. The maximum atomic E-state index is 14.5. The Morgan fingerprint density at radius 2 is 1.75 bits per heavy atom. The number of thioether (sulfide) groups is 1. The summed E-state index contributed by atoms with van der Waals surface area (Å²) in [5.41, 5.74) is -0.947. The Kier molecular flexibility index (Phi) is 6.31. The quantitative estimate of drug-likeness (QED) is 0.169. The second kappa shape index (κ2) is 9.57. The summed E-state index contributed by atoms with van der Waals surface area (Å²) in [6.07, 6.45) is 11.4. The Bertz CT molecular complexity index is 1740. The van der Waals surface area contributed by atoms with Crippen LogP contribution < -0.4 is 0 Å². The molecule has 44 heavy (non-hydrogen) atoms. The standard InChI is InChI=1S/C36H37F2NO3S2/c1-32-12-9-22(40)18-34(32)15-16-36(23(19-34)30(41)21-7-8-24(37)25(38)17-21)28(32)10-13-33(2)29(36)11-14-35(33,42)20-43-31-39-26-5-3-4-6-27(26)44-31/h3-8,15-17,19,22,28-29,40,42H,9-14,18,20H2,1-2H3/t22?,28-,29-,32-,33+,34+,35-,36-/m1/s1. The first-order chi connectivity index (χ1) is 20.9. The fraction of sp³-hybridized carbons (Fsp3) is 0.500. The molecule has 3 aromatic rings. The third-order valence-corrected chi connectivity index (χ3v) is 15.2. The van der Waals surface area contributed by atoms with E-state index in [1.54, 1.807) is 23.1 Å². The third-order valence-electron chi connectivity index (χ3n) is 12.8. The minimum absolute atomic E-state index is 0.00608. The topological polar surface area (TPSA) is 70.4 Å². The van der Waals surface area contributed by atoms with Gasteiger partial charge in [-0.1, -0.05) is 56.0 Å². The number of nitrogens with zero attached hydrogens (tertiary/aromatic N) is 1. The molecule has 0 saturated heterocycles. The lowest BCUT2D eigenvalue weighted by molar-refractivity contribution is -0.166. The monoisotopic (exact) mass is 633 g/mol. The zero-order valence-electron chi connectivity index (χ0n) is 25.0. The molecule has 4 nitrogen and oxygen atoms in total. The Balaban J connectivity index is 1.21. The lowest BCUT2D eigenvalue weighted by Gasteiger charge is -2.71. The number of thiazole rings is 1. The van der Waals surface area contributed by atoms with Gasteiger partial charge in [0.2, 0.25) is 0 Å². The molecule has 2 bridgehead atoms. The number of benzene rings is 2. The van der Waals surface area contributed by atoms with E-state index < -0.39 is 39.6 Å². The minimum atomic E-state index is -1.03. The zero-order chi connectivity index (χ0) is 30.7. The van der Waals surface area contributed by atoms with Gasteiger partial charge in [-0.2, -0.15) is 0 Å². The molecule has 1 aromatic heterocycles. The van der Waals surface area contributed by atoms with Crippen molar-refractivity contribution < 1.29 is 23.8 Å². The highest BCUT2D eigenvalue weighted by atomic mass is 32.2. The van der Waals surface area contributed by atoms with Gasteiger partial charge in [0.05, 0.1) is 21.9 Å². The van der Waals surface area contributed by atoms with Gasteiger partial charge in [0.1, 0.15) is 0 Å². The van der Waals surface area contributed by atoms with Crippen molar-refractivity contribution in [1.82, 2.24) is 4.98 Å². The first-order valence-electron chi connectivity index (χ1n) is 15.8. The molecule has 9 rings (SSSR count). The van der Waals surface area contributed by atoms with E-state index in [1.807, 2.05) is 18.2 Å². The number of aliphatic hydroxyl groups is 2. The Hall–Kier alpha value is -2.39. The summed E-state index contributed by atoms with van der Waals surface area (Å²) in [5.74, 6) is -1.63. The van der Waals surface area contributed by atoms with Crippen LogP contribution in [0.3, 0.4) is 0 Å². The number of aliphatic hydroxyl groups excluding tert-OH is 1. The fourth-order valence-corrected chi connectivity index (χ4v) is 12.8. The number of fused-ring (bicyclic) bond motifs is 2.